The third-order valence-corrected chi connectivity index (χ3v) is 1.16. The first kappa shape index (κ1) is 6.26. The molecule has 1 N–H and O–H groups in total. The molecule has 0 atom stereocenters. The molecule has 1 heterocycles. The van der Waals surface area contributed by atoms with E-state index in [1.165, 1.54) is 6.20 Å². The number of halogens is 1. The Morgan fingerprint density at radius 1 is 1.78 bits per heavy atom. The minimum Gasteiger partial charge on any atom is -0.344 e. The van der Waals surface area contributed by atoms with Crippen molar-refractivity contribution in [1.82, 2.24) is 9.97 Å². The first-order valence-corrected chi connectivity index (χ1v) is 2.95. The van der Waals surface area contributed by atoms with Gasteiger partial charge in [-0.15, -0.1) is 0 Å². The molecule has 0 radical (unpaired) electrons. The number of aromatic amines is 1. The van der Waals surface area contributed by atoms with Gasteiger partial charge in [0.25, 0.3) is 0 Å². The molecule has 0 aliphatic carbocycles. The molecule has 0 amide bonds. The Kier molecular flexibility index (Phi) is 1.82. The van der Waals surface area contributed by atoms with Gasteiger partial charge in [-0.25, -0.2) is 9.37 Å². The molecule has 3 heteroatoms. The van der Waals surface area contributed by atoms with Crippen molar-refractivity contribution in [3.05, 3.63) is 17.7 Å². The van der Waals surface area contributed by atoms with E-state index in [1.807, 2.05) is 6.92 Å². The second kappa shape index (κ2) is 2.62. The Balaban J connectivity index is 2.74. The molecule has 0 aromatic carbocycles. The highest BCUT2D eigenvalue weighted by Crippen LogP contribution is 1.98. The van der Waals surface area contributed by atoms with Gasteiger partial charge >= 0.3 is 0 Å². The molecule has 0 spiro atoms. The molecule has 1 rings (SSSR count). The van der Waals surface area contributed by atoms with Crippen LogP contribution in [0.25, 0.3) is 0 Å². The van der Waals surface area contributed by atoms with Gasteiger partial charge in [-0.3, -0.25) is 0 Å². The number of aromatic nitrogens is 2. The fourth-order valence-corrected chi connectivity index (χ4v) is 0.653. The highest BCUT2D eigenvalue weighted by Gasteiger charge is 1.94. The summed E-state index contributed by atoms with van der Waals surface area (Å²) in [7, 11) is 0. The van der Waals surface area contributed by atoms with Crippen LogP contribution in [0.2, 0.25) is 0 Å². The summed E-state index contributed by atoms with van der Waals surface area (Å²) in [5, 5.41) is 0. The molecule has 0 bridgehead atoms. The third kappa shape index (κ3) is 1.28. The topological polar surface area (TPSA) is 28.7 Å². The van der Waals surface area contributed by atoms with Crippen LogP contribution in [-0.2, 0) is 13.1 Å². The van der Waals surface area contributed by atoms with E-state index in [1.54, 1.807) is 0 Å². The number of H-pyrrole nitrogens is 1. The third-order valence-electron chi connectivity index (χ3n) is 1.16. The molecule has 0 fully saturated rings. The van der Waals surface area contributed by atoms with Gasteiger partial charge in [-0.1, -0.05) is 6.92 Å². The monoisotopic (exact) mass is 128 g/mol. The summed E-state index contributed by atoms with van der Waals surface area (Å²) in [6.45, 7) is 1.52. The molecule has 0 unspecified atom stereocenters. The molecular weight excluding hydrogens is 119 g/mol. The Bertz CT molecular complexity index is 164. The zero-order valence-corrected chi connectivity index (χ0v) is 5.32. The number of rotatable bonds is 2. The van der Waals surface area contributed by atoms with Crippen LogP contribution >= 0.6 is 0 Å². The van der Waals surface area contributed by atoms with Gasteiger partial charge in [0.2, 0.25) is 0 Å². The molecule has 50 valence electrons. The summed E-state index contributed by atoms with van der Waals surface area (Å²) in [4.78, 5) is 6.74. The van der Waals surface area contributed by atoms with Gasteiger partial charge in [-0.05, 0) is 0 Å². The predicted octanol–water partition coefficient (Wildman–Crippen LogP) is 1.44. The van der Waals surface area contributed by atoms with Gasteiger partial charge in [0.1, 0.15) is 12.5 Å². The van der Waals surface area contributed by atoms with Crippen molar-refractivity contribution in [2.45, 2.75) is 20.0 Å². The Hall–Kier alpha value is -0.860. The van der Waals surface area contributed by atoms with Gasteiger partial charge in [0.05, 0.1) is 11.9 Å². The van der Waals surface area contributed by atoms with E-state index in [0.29, 0.717) is 5.69 Å². The molecule has 0 aliphatic heterocycles. The molecule has 0 saturated heterocycles. The minimum absolute atomic E-state index is 0.451. The van der Waals surface area contributed by atoms with Gasteiger partial charge in [0, 0.05) is 6.42 Å². The standard InChI is InChI=1S/C6H9FN2/c1-2-6-8-4-5(3-7)9-6/h4H,2-3H2,1H3,(H,8,9). The first-order valence-electron chi connectivity index (χ1n) is 2.95. The summed E-state index contributed by atoms with van der Waals surface area (Å²) in [6, 6.07) is 0. The van der Waals surface area contributed by atoms with Crippen molar-refractivity contribution >= 4 is 0 Å². The van der Waals surface area contributed by atoms with E-state index in [0.717, 1.165) is 12.2 Å². The summed E-state index contributed by atoms with van der Waals surface area (Å²) >= 11 is 0. The number of hydrogen-bond donors (Lipinski definition) is 1. The summed E-state index contributed by atoms with van der Waals surface area (Å²) < 4.78 is 11.8. The number of imidazole rings is 1. The van der Waals surface area contributed by atoms with Crippen molar-refractivity contribution in [3.63, 3.8) is 0 Å². The smallest absolute Gasteiger partial charge is 0.131 e. The van der Waals surface area contributed by atoms with E-state index >= 15 is 0 Å². The molecular formula is C6H9FN2. The molecule has 1 aromatic rings. The normalized spacial score (nSPS) is 10.0. The van der Waals surface area contributed by atoms with Crippen molar-refractivity contribution in [2.24, 2.45) is 0 Å². The molecule has 2 nitrogen and oxygen atoms in total. The van der Waals surface area contributed by atoms with E-state index in [4.69, 9.17) is 0 Å². The lowest BCUT2D eigenvalue weighted by Gasteiger charge is -1.84. The van der Waals surface area contributed by atoms with E-state index in [-0.39, 0.29) is 0 Å². The largest absolute Gasteiger partial charge is 0.344 e. The Morgan fingerprint density at radius 3 is 2.89 bits per heavy atom. The molecule has 0 saturated carbocycles. The lowest BCUT2D eigenvalue weighted by molar-refractivity contribution is 0.477. The zero-order chi connectivity index (χ0) is 6.69. The average molecular weight is 128 g/mol. The molecule has 1 aromatic heterocycles. The van der Waals surface area contributed by atoms with Crippen LogP contribution in [0, 0.1) is 0 Å². The van der Waals surface area contributed by atoms with Crippen LogP contribution in [0.3, 0.4) is 0 Å². The quantitative estimate of drug-likeness (QED) is 0.641. The second-order valence-electron chi connectivity index (χ2n) is 1.84. The number of aryl methyl sites for hydroxylation is 1. The van der Waals surface area contributed by atoms with E-state index in [9.17, 15) is 4.39 Å². The van der Waals surface area contributed by atoms with Crippen LogP contribution in [0.4, 0.5) is 4.39 Å². The van der Waals surface area contributed by atoms with Gasteiger partial charge < -0.3 is 4.98 Å². The maximum atomic E-state index is 11.8. The summed E-state index contributed by atoms with van der Waals surface area (Å²) in [6.07, 6.45) is 2.36. The number of hydrogen-bond acceptors (Lipinski definition) is 1. The number of nitrogens with zero attached hydrogens (tertiary/aromatic N) is 1. The SMILES string of the molecule is CCc1ncc(CF)[nH]1. The van der Waals surface area contributed by atoms with Crippen LogP contribution in [0.5, 0.6) is 0 Å². The van der Waals surface area contributed by atoms with Crippen LogP contribution in [0.1, 0.15) is 18.4 Å². The van der Waals surface area contributed by atoms with Gasteiger partial charge in [0.15, 0.2) is 0 Å². The lowest BCUT2D eigenvalue weighted by Crippen LogP contribution is -1.82. The molecule has 9 heavy (non-hydrogen) atoms. The maximum absolute atomic E-state index is 11.8. The first-order chi connectivity index (χ1) is 4.36. The highest BCUT2D eigenvalue weighted by molar-refractivity contribution is 4.99. The van der Waals surface area contributed by atoms with Crippen molar-refractivity contribution in [3.8, 4) is 0 Å². The van der Waals surface area contributed by atoms with Crippen LogP contribution in [-0.4, -0.2) is 9.97 Å². The fraction of sp³-hybridized carbons (Fsp3) is 0.500. The van der Waals surface area contributed by atoms with Crippen molar-refractivity contribution in [1.29, 1.82) is 0 Å². The summed E-state index contributed by atoms with van der Waals surface area (Å²) in [5.41, 5.74) is 0.562. The summed E-state index contributed by atoms with van der Waals surface area (Å²) in [5.74, 6) is 0.850. The second-order valence-corrected chi connectivity index (χ2v) is 1.84. The number of alkyl halides is 1. The van der Waals surface area contributed by atoms with Crippen LogP contribution < -0.4 is 0 Å². The average Bonchev–Trinajstić information content (AvgIpc) is 2.34. The van der Waals surface area contributed by atoms with E-state index < -0.39 is 6.67 Å². The zero-order valence-electron chi connectivity index (χ0n) is 5.32. The fourth-order valence-electron chi connectivity index (χ4n) is 0.653. The van der Waals surface area contributed by atoms with Gasteiger partial charge in [-0.2, -0.15) is 0 Å². The number of nitrogens with one attached hydrogen (secondary N) is 1. The Labute approximate surface area is 53.1 Å². The van der Waals surface area contributed by atoms with Crippen molar-refractivity contribution in [2.75, 3.05) is 0 Å². The lowest BCUT2D eigenvalue weighted by atomic mass is 10.5. The predicted molar refractivity (Wildman–Crippen MR) is 32.8 cm³/mol. The van der Waals surface area contributed by atoms with E-state index in [2.05, 4.69) is 9.97 Å². The van der Waals surface area contributed by atoms with Crippen molar-refractivity contribution < 1.29 is 4.39 Å². The highest BCUT2D eigenvalue weighted by atomic mass is 19.1. The Morgan fingerprint density at radius 2 is 2.56 bits per heavy atom. The minimum atomic E-state index is -0.451. The molecule has 0 aliphatic rings. The maximum Gasteiger partial charge on any atom is 0.131 e. The van der Waals surface area contributed by atoms with Crippen LogP contribution in [0.15, 0.2) is 6.20 Å².